The molecule has 0 spiro atoms. The van der Waals surface area contributed by atoms with E-state index >= 15 is 0 Å². The summed E-state index contributed by atoms with van der Waals surface area (Å²) in [6, 6.07) is 1.87. The lowest BCUT2D eigenvalue weighted by Gasteiger charge is -2.29. The molecular weight excluding hydrogens is 255 g/mol. The summed E-state index contributed by atoms with van der Waals surface area (Å²) in [5.41, 5.74) is -0.0177. The molecule has 1 aliphatic heterocycles. The summed E-state index contributed by atoms with van der Waals surface area (Å²) in [4.78, 5) is 11.6. The summed E-state index contributed by atoms with van der Waals surface area (Å²) >= 11 is 9.02. The fourth-order valence-electron chi connectivity index (χ4n) is 1.28. The molecule has 1 N–H and O–H groups in total. The van der Waals surface area contributed by atoms with Crippen LogP contribution < -0.4 is 10.9 Å². The van der Waals surface area contributed by atoms with Crippen molar-refractivity contribution in [3.63, 3.8) is 0 Å². The van der Waals surface area contributed by atoms with E-state index in [-0.39, 0.29) is 11.6 Å². The van der Waals surface area contributed by atoms with Gasteiger partial charge in [0.25, 0.3) is 5.56 Å². The second-order valence-electron chi connectivity index (χ2n) is 3.03. The van der Waals surface area contributed by atoms with E-state index in [9.17, 15) is 4.79 Å². The Bertz CT molecular complexity index is 386. The van der Waals surface area contributed by atoms with Gasteiger partial charge in [0.1, 0.15) is 0 Å². The minimum Gasteiger partial charge on any atom is -0.313 e. The largest absolute Gasteiger partial charge is 0.313 e. The van der Waals surface area contributed by atoms with Gasteiger partial charge in [-0.3, -0.25) is 4.79 Å². The SMILES string of the molecule is O=c1c(Br)cc(Cl)cn1C1CNC1. The zero-order chi connectivity index (χ0) is 9.42. The minimum absolute atomic E-state index is 0.0177. The molecule has 2 rings (SSSR count). The minimum atomic E-state index is -0.0177. The lowest BCUT2D eigenvalue weighted by atomic mass is 10.2. The summed E-state index contributed by atoms with van der Waals surface area (Å²) in [7, 11) is 0. The average molecular weight is 264 g/mol. The highest BCUT2D eigenvalue weighted by Crippen LogP contribution is 2.16. The standard InChI is InChI=1S/C8H8BrClN2O/c9-7-1-5(10)4-12(8(7)13)6-2-11-3-6/h1,4,6,11H,2-3H2. The van der Waals surface area contributed by atoms with E-state index in [4.69, 9.17) is 11.6 Å². The predicted octanol–water partition coefficient (Wildman–Crippen LogP) is 1.41. The molecule has 3 nitrogen and oxygen atoms in total. The van der Waals surface area contributed by atoms with Gasteiger partial charge in [0, 0.05) is 19.3 Å². The number of nitrogens with zero attached hydrogens (tertiary/aromatic N) is 1. The first-order chi connectivity index (χ1) is 6.18. The fourth-order valence-corrected chi connectivity index (χ4v) is 2.07. The van der Waals surface area contributed by atoms with Crippen molar-refractivity contribution in [2.24, 2.45) is 0 Å². The topological polar surface area (TPSA) is 34.0 Å². The molecule has 0 saturated carbocycles. The highest BCUT2D eigenvalue weighted by molar-refractivity contribution is 9.10. The van der Waals surface area contributed by atoms with Crippen LogP contribution in [0.15, 0.2) is 21.5 Å². The molecule has 1 aromatic heterocycles. The molecule has 0 bridgehead atoms. The maximum absolute atomic E-state index is 11.6. The summed E-state index contributed by atoms with van der Waals surface area (Å²) < 4.78 is 2.19. The molecule has 1 fully saturated rings. The van der Waals surface area contributed by atoms with E-state index in [2.05, 4.69) is 21.2 Å². The second kappa shape index (κ2) is 3.44. The van der Waals surface area contributed by atoms with Gasteiger partial charge in [-0.2, -0.15) is 0 Å². The van der Waals surface area contributed by atoms with Gasteiger partial charge in [-0.25, -0.2) is 0 Å². The summed E-state index contributed by atoms with van der Waals surface area (Å²) in [5.74, 6) is 0. The maximum atomic E-state index is 11.6. The van der Waals surface area contributed by atoms with E-state index in [0.29, 0.717) is 9.50 Å². The average Bonchev–Trinajstić information content (AvgIpc) is 1.95. The lowest BCUT2D eigenvalue weighted by molar-refractivity contribution is 0.335. The Hall–Kier alpha value is -0.320. The Balaban J connectivity index is 2.49. The first-order valence-corrected chi connectivity index (χ1v) is 5.13. The highest BCUT2D eigenvalue weighted by Gasteiger charge is 2.20. The van der Waals surface area contributed by atoms with E-state index < -0.39 is 0 Å². The molecule has 5 heteroatoms. The van der Waals surface area contributed by atoms with Crippen LogP contribution in [0.5, 0.6) is 0 Å². The van der Waals surface area contributed by atoms with Crippen LogP contribution in [-0.4, -0.2) is 17.7 Å². The third-order valence-electron chi connectivity index (χ3n) is 2.12. The normalized spacial score (nSPS) is 17.1. The van der Waals surface area contributed by atoms with Crippen LogP contribution in [-0.2, 0) is 0 Å². The first-order valence-electron chi connectivity index (χ1n) is 3.96. The van der Waals surface area contributed by atoms with Crippen LogP contribution in [0.4, 0.5) is 0 Å². The molecule has 1 aliphatic rings. The third kappa shape index (κ3) is 1.66. The molecule has 0 unspecified atom stereocenters. The van der Waals surface area contributed by atoms with E-state index in [0.717, 1.165) is 13.1 Å². The van der Waals surface area contributed by atoms with Gasteiger partial charge in [-0.15, -0.1) is 0 Å². The van der Waals surface area contributed by atoms with Gasteiger partial charge in [-0.1, -0.05) is 11.6 Å². The summed E-state index contributed by atoms with van der Waals surface area (Å²) in [5, 5.41) is 3.69. The molecular formula is C8H8BrClN2O. The zero-order valence-electron chi connectivity index (χ0n) is 6.76. The van der Waals surface area contributed by atoms with Crippen molar-refractivity contribution < 1.29 is 0 Å². The smallest absolute Gasteiger partial charge is 0.265 e. The van der Waals surface area contributed by atoms with Crippen LogP contribution in [0.2, 0.25) is 5.02 Å². The van der Waals surface area contributed by atoms with Crippen LogP contribution in [0.1, 0.15) is 6.04 Å². The number of nitrogens with one attached hydrogen (secondary N) is 1. The molecule has 1 aromatic rings. The summed E-state index contributed by atoms with van der Waals surface area (Å²) in [6.45, 7) is 1.68. The molecule has 13 heavy (non-hydrogen) atoms. The van der Waals surface area contributed by atoms with Crippen molar-refractivity contribution in [2.75, 3.05) is 13.1 Å². The van der Waals surface area contributed by atoms with Gasteiger partial charge in [0.15, 0.2) is 0 Å². The van der Waals surface area contributed by atoms with Crippen molar-refractivity contribution in [3.8, 4) is 0 Å². The van der Waals surface area contributed by atoms with E-state index in [1.54, 1.807) is 16.8 Å². The Morgan fingerprint density at radius 3 is 2.85 bits per heavy atom. The highest BCUT2D eigenvalue weighted by atomic mass is 79.9. The number of pyridine rings is 1. The maximum Gasteiger partial charge on any atom is 0.265 e. The van der Waals surface area contributed by atoms with Gasteiger partial charge >= 0.3 is 0 Å². The van der Waals surface area contributed by atoms with Crippen LogP contribution in [0, 0.1) is 0 Å². The quantitative estimate of drug-likeness (QED) is 0.831. The van der Waals surface area contributed by atoms with Crippen LogP contribution in [0.3, 0.4) is 0 Å². The molecule has 1 saturated heterocycles. The molecule has 0 radical (unpaired) electrons. The first kappa shape index (κ1) is 9.24. The van der Waals surface area contributed by atoms with Crippen LogP contribution in [0.25, 0.3) is 0 Å². The van der Waals surface area contributed by atoms with Crippen molar-refractivity contribution in [2.45, 2.75) is 6.04 Å². The monoisotopic (exact) mass is 262 g/mol. The molecule has 2 heterocycles. The molecule has 0 aromatic carbocycles. The van der Waals surface area contributed by atoms with Crippen molar-refractivity contribution in [1.29, 1.82) is 0 Å². The summed E-state index contributed by atoms with van der Waals surface area (Å²) in [6.07, 6.45) is 1.68. The van der Waals surface area contributed by atoms with E-state index in [1.165, 1.54) is 0 Å². The Morgan fingerprint density at radius 2 is 2.31 bits per heavy atom. The zero-order valence-corrected chi connectivity index (χ0v) is 9.10. The van der Waals surface area contributed by atoms with Gasteiger partial charge < -0.3 is 9.88 Å². The van der Waals surface area contributed by atoms with Gasteiger partial charge in [0.05, 0.1) is 15.5 Å². The lowest BCUT2D eigenvalue weighted by Crippen LogP contribution is -2.46. The number of aromatic nitrogens is 1. The third-order valence-corrected chi connectivity index (χ3v) is 2.89. The Morgan fingerprint density at radius 1 is 1.62 bits per heavy atom. The van der Waals surface area contributed by atoms with Crippen molar-refractivity contribution in [1.82, 2.24) is 9.88 Å². The molecule has 70 valence electrons. The number of halogens is 2. The molecule has 0 aliphatic carbocycles. The van der Waals surface area contributed by atoms with Crippen LogP contribution >= 0.6 is 27.5 Å². The number of hydrogen-bond donors (Lipinski definition) is 1. The van der Waals surface area contributed by atoms with Gasteiger partial charge in [-0.05, 0) is 22.0 Å². The number of hydrogen-bond acceptors (Lipinski definition) is 2. The second-order valence-corrected chi connectivity index (χ2v) is 4.32. The van der Waals surface area contributed by atoms with E-state index in [1.807, 2.05) is 0 Å². The van der Waals surface area contributed by atoms with Crippen molar-refractivity contribution >= 4 is 27.5 Å². The Labute approximate surface area is 88.8 Å². The fraction of sp³-hybridized carbons (Fsp3) is 0.375. The predicted molar refractivity (Wildman–Crippen MR) is 55.3 cm³/mol. The molecule has 0 amide bonds. The Kier molecular flexibility index (Phi) is 2.45. The number of rotatable bonds is 1. The van der Waals surface area contributed by atoms with Gasteiger partial charge in [0.2, 0.25) is 0 Å². The molecule has 0 atom stereocenters. The van der Waals surface area contributed by atoms with Crippen molar-refractivity contribution in [3.05, 3.63) is 32.1 Å².